The molecule has 0 nitrogen and oxygen atoms in total. The van der Waals surface area contributed by atoms with Gasteiger partial charge in [-0.05, 0) is 0 Å². The Morgan fingerprint density at radius 2 is 1.62 bits per heavy atom. The Balaban J connectivity index is -0.0000000615. The summed E-state index contributed by atoms with van der Waals surface area (Å²) in [5, 5.41) is 0. The van der Waals surface area contributed by atoms with Crippen molar-refractivity contribution >= 4 is 9.52 Å². The Hall–Kier alpha value is 1.53. The molecule has 0 aromatic carbocycles. The average molecular weight is 491 g/mol. The van der Waals surface area contributed by atoms with Crippen LogP contribution in [-0.4, -0.2) is 9.52 Å². The van der Waals surface area contributed by atoms with Crippen molar-refractivity contribution in [3.05, 3.63) is 23.3 Å². The topological polar surface area (TPSA) is 0 Å². The molecule has 0 bridgehead atoms. The minimum atomic E-state index is 0. The van der Waals surface area contributed by atoms with Gasteiger partial charge >= 0.3 is 0 Å². The largest absolute Gasteiger partial charge is 1.00 e. The van der Waals surface area contributed by atoms with Crippen LogP contribution in [0.3, 0.4) is 0 Å². The first-order valence-electron chi connectivity index (χ1n) is 3.71. The van der Waals surface area contributed by atoms with Crippen molar-refractivity contribution in [2.75, 3.05) is 0 Å². The summed E-state index contributed by atoms with van der Waals surface area (Å²) in [7, 11) is 0.750. The van der Waals surface area contributed by atoms with E-state index in [-0.39, 0.29) is 59.8 Å². The van der Waals surface area contributed by atoms with Gasteiger partial charge in [-0.3, -0.25) is 6.08 Å². The molecule has 0 aromatic heterocycles. The van der Waals surface area contributed by atoms with Crippen LogP contribution in [0.4, 0.5) is 0 Å². The zero-order chi connectivity index (χ0) is 7.98. The Labute approximate surface area is 125 Å². The second-order valence-electron chi connectivity index (χ2n) is 2.47. The van der Waals surface area contributed by atoms with Crippen LogP contribution in [0.2, 0.25) is 13.1 Å². The SMILES string of the molecule is CC1=[C-]CC=C1C.C[SiH]C.[Br-].[Br-].[Hf]. The fourth-order valence-electron chi connectivity index (χ4n) is 0.650. The van der Waals surface area contributed by atoms with Gasteiger partial charge in [-0.2, -0.15) is 6.08 Å². The van der Waals surface area contributed by atoms with Gasteiger partial charge < -0.3 is 34.0 Å². The maximum absolute atomic E-state index is 3.19. The van der Waals surface area contributed by atoms with Gasteiger partial charge in [0.2, 0.25) is 0 Å². The van der Waals surface area contributed by atoms with Crippen LogP contribution in [0.5, 0.6) is 0 Å². The van der Waals surface area contributed by atoms with E-state index < -0.39 is 0 Å². The van der Waals surface area contributed by atoms with Crippen LogP contribution < -0.4 is 34.0 Å². The van der Waals surface area contributed by atoms with Crippen molar-refractivity contribution in [1.82, 2.24) is 0 Å². The smallest absolute Gasteiger partial charge is 0.0213 e. The minimum absolute atomic E-state index is 0. The van der Waals surface area contributed by atoms with Gasteiger partial charge in [-0.25, -0.2) is 11.1 Å². The molecule has 13 heavy (non-hydrogen) atoms. The maximum Gasteiger partial charge on any atom is 0.0213 e. The zero-order valence-electron chi connectivity index (χ0n) is 8.62. The van der Waals surface area contributed by atoms with E-state index in [2.05, 4.69) is 39.1 Å². The first kappa shape index (κ1) is 24.0. The third-order valence-electron chi connectivity index (χ3n) is 1.37. The summed E-state index contributed by atoms with van der Waals surface area (Å²) in [6.07, 6.45) is 6.41. The summed E-state index contributed by atoms with van der Waals surface area (Å²) >= 11 is 0. The quantitative estimate of drug-likeness (QED) is 0.246. The van der Waals surface area contributed by atoms with Crippen LogP contribution in [0, 0.1) is 6.08 Å². The van der Waals surface area contributed by atoms with E-state index in [0.29, 0.717) is 0 Å². The van der Waals surface area contributed by atoms with Crippen LogP contribution in [0.15, 0.2) is 17.2 Å². The van der Waals surface area contributed by atoms with Gasteiger partial charge in [-0.1, -0.05) is 20.0 Å². The molecule has 0 fully saturated rings. The molecule has 77 valence electrons. The monoisotopic (exact) mass is 490 g/mol. The molecule has 4 heteroatoms. The van der Waals surface area contributed by atoms with Crippen molar-refractivity contribution in [2.45, 2.75) is 33.4 Å². The number of allylic oxidation sites excluding steroid dienone is 4. The van der Waals surface area contributed by atoms with Crippen molar-refractivity contribution in [2.24, 2.45) is 0 Å². The molecule has 0 aliphatic heterocycles. The molecule has 0 heterocycles. The Morgan fingerprint density at radius 3 is 1.69 bits per heavy atom. The first-order valence-corrected chi connectivity index (χ1v) is 6.01. The van der Waals surface area contributed by atoms with Gasteiger partial charge in [0.25, 0.3) is 0 Å². The summed E-state index contributed by atoms with van der Waals surface area (Å²) in [5.74, 6) is 0. The van der Waals surface area contributed by atoms with E-state index in [1.807, 2.05) is 0 Å². The van der Waals surface area contributed by atoms with Gasteiger partial charge in [0.05, 0.1) is 0 Å². The summed E-state index contributed by atoms with van der Waals surface area (Å²) in [4.78, 5) is 0. The van der Waals surface area contributed by atoms with Crippen LogP contribution in [0.1, 0.15) is 20.3 Å². The molecular formula is C9H16Br2HfSi-3. The predicted molar refractivity (Wildman–Crippen MR) is 49.7 cm³/mol. The molecule has 0 saturated carbocycles. The molecule has 1 radical (unpaired) electrons. The van der Waals surface area contributed by atoms with Crippen LogP contribution in [0.25, 0.3) is 0 Å². The van der Waals surface area contributed by atoms with E-state index in [9.17, 15) is 0 Å². The molecule has 0 spiro atoms. The normalized spacial score (nSPS) is 11.7. The van der Waals surface area contributed by atoms with Crippen molar-refractivity contribution in [3.63, 3.8) is 0 Å². The molecule has 0 unspecified atom stereocenters. The molecule has 1 rings (SSSR count). The van der Waals surface area contributed by atoms with Crippen LogP contribution in [-0.2, 0) is 25.8 Å². The summed E-state index contributed by atoms with van der Waals surface area (Å²) in [6.45, 7) is 8.63. The fourth-order valence-corrected chi connectivity index (χ4v) is 0.650. The summed E-state index contributed by atoms with van der Waals surface area (Å²) < 4.78 is 0. The van der Waals surface area contributed by atoms with E-state index >= 15 is 0 Å². The van der Waals surface area contributed by atoms with Gasteiger partial charge in [0.1, 0.15) is 0 Å². The summed E-state index contributed by atoms with van der Waals surface area (Å²) in [5.41, 5.74) is 2.71. The molecule has 1 aliphatic carbocycles. The Kier molecular flexibility index (Phi) is 29.5. The fraction of sp³-hybridized carbons (Fsp3) is 0.556. The number of rotatable bonds is 0. The molecule has 1 aliphatic rings. The number of halogens is 2. The van der Waals surface area contributed by atoms with Gasteiger partial charge in [0.15, 0.2) is 0 Å². The van der Waals surface area contributed by atoms with E-state index in [4.69, 9.17) is 0 Å². The molecule has 0 amide bonds. The van der Waals surface area contributed by atoms with Gasteiger partial charge in [-0.15, -0.1) is 13.3 Å². The van der Waals surface area contributed by atoms with E-state index in [1.54, 1.807) is 0 Å². The zero-order valence-corrected chi connectivity index (χ0v) is 16.5. The molecule has 0 aromatic rings. The van der Waals surface area contributed by atoms with Crippen molar-refractivity contribution in [1.29, 1.82) is 0 Å². The molecule has 0 N–H and O–H groups in total. The average Bonchev–Trinajstić information content (AvgIpc) is 2.19. The Morgan fingerprint density at radius 1 is 1.23 bits per heavy atom. The standard InChI is InChI=1S/C7H9.C2H7Si.2BrH.Hf/c1-6-4-3-5-7(6)2;1-3-2;;;/h4H,3H2,1-2H3;3H,1-2H3;2*1H;/q-1;;;;/p-2. The van der Waals surface area contributed by atoms with Crippen LogP contribution >= 0.6 is 0 Å². The second-order valence-corrected chi connectivity index (χ2v) is 3.63. The van der Waals surface area contributed by atoms with Crippen molar-refractivity contribution < 1.29 is 59.8 Å². The number of hydrogen-bond acceptors (Lipinski definition) is 0. The molecule has 0 atom stereocenters. The number of hydrogen-bond donors (Lipinski definition) is 0. The third-order valence-corrected chi connectivity index (χ3v) is 1.37. The van der Waals surface area contributed by atoms with E-state index in [0.717, 1.165) is 15.9 Å². The minimum Gasteiger partial charge on any atom is -1.00 e. The predicted octanol–water partition coefficient (Wildman–Crippen LogP) is -3.39. The van der Waals surface area contributed by atoms with Gasteiger partial charge in [0, 0.05) is 35.4 Å². The summed E-state index contributed by atoms with van der Waals surface area (Å²) in [6, 6.07) is 0. The van der Waals surface area contributed by atoms with Crippen molar-refractivity contribution in [3.8, 4) is 0 Å². The molecular weight excluding hydrogens is 474 g/mol. The maximum atomic E-state index is 3.19. The first-order chi connectivity index (χ1) is 4.72. The second kappa shape index (κ2) is 16.0. The third kappa shape index (κ3) is 13.5. The Bertz CT molecular complexity index is 140. The molecule has 0 saturated heterocycles. The van der Waals surface area contributed by atoms with E-state index in [1.165, 1.54) is 11.1 Å².